The molecule has 2 N–H and O–H groups in total. The van der Waals surface area contributed by atoms with Crippen molar-refractivity contribution in [1.82, 2.24) is 0 Å². The molecule has 0 fully saturated rings. The lowest BCUT2D eigenvalue weighted by Crippen LogP contribution is -2.38. The SMILES string of the molecule is C/C=C\C=C/C1=CCC(N)(C=O)C1.CC.CC. The van der Waals surface area contributed by atoms with Crippen LogP contribution in [0, 0.1) is 0 Å². The molecule has 17 heavy (non-hydrogen) atoms. The first-order valence-electron chi connectivity index (χ1n) is 6.44. The molecule has 0 spiro atoms. The number of rotatable bonds is 3. The fourth-order valence-electron chi connectivity index (χ4n) is 1.35. The van der Waals surface area contributed by atoms with Gasteiger partial charge >= 0.3 is 0 Å². The van der Waals surface area contributed by atoms with Crippen molar-refractivity contribution in [3.63, 3.8) is 0 Å². The molecular weight excluding hydrogens is 210 g/mol. The lowest BCUT2D eigenvalue weighted by atomic mass is 9.99. The molecule has 0 aromatic heterocycles. The summed E-state index contributed by atoms with van der Waals surface area (Å²) in [4.78, 5) is 10.6. The van der Waals surface area contributed by atoms with E-state index in [0.717, 1.165) is 11.9 Å². The van der Waals surface area contributed by atoms with Crippen molar-refractivity contribution in [1.29, 1.82) is 0 Å². The van der Waals surface area contributed by atoms with Crippen LogP contribution in [0.2, 0.25) is 0 Å². The van der Waals surface area contributed by atoms with Crippen LogP contribution >= 0.6 is 0 Å². The highest BCUT2D eigenvalue weighted by Crippen LogP contribution is 2.25. The van der Waals surface area contributed by atoms with Gasteiger partial charge in [-0.25, -0.2) is 0 Å². The molecule has 0 aromatic rings. The van der Waals surface area contributed by atoms with E-state index in [1.54, 1.807) is 0 Å². The summed E-state index contributed by atoms with van der Waals surface area (Å²) in [6.07, 6.45) is 12.1. The van der Waals surface area contributed by atoms with Crippen LogP contribution in [0.5, 0.6) is 0 Å². The maximum Gasteiger partial charge on any atom is 0.140 e. The number of nitrogens with two attached hydrogens (primary N) is 1. The minimum Gasteiger partial charge on any atom is -0.319 e. The lowest BCUT2D eigenvalue weighted by molar-refractivity contribution is -0.111. The van der Waals surface area contributed by atoms with E-state index in [-0.39, 0.29) is 0 Å². The van der Waals surface area contributed by atoms with Gasteiger partial charge in [0, 0.05) is 0 Å². The van der Waals surface area contributed by atoms with E-state index >= 15 is 0 Å². The minimum absolute atomic E-state index is 0.643. The Bertz CT molecular complexity index is 277. The van der Waals surface area contributed by atoms with Crippen LogP contribution in [-0.4, -0.2) is 11.8 Å². The molecule has 2 nitrogen and oxygen atoms in total. The first-order chi connectivity index (χ1) is 8.20. The van der Waals surface area contributed by atoms with Crippen LogP contribution < -0.4 is 5.73 Å². The van der Waals surface area contributed by atoms with Crippen molar-refractivity contribution < 1.29 is 4.79 Å². The lowest BCUT2D eigenvalue weighted by Gasteiger charge is -2.14. The molecule has 1 atom stereocenters. The predicted octanol–water partition coefficient (Wildman–Crippen LogP) is 3.79. The highest BCUT2D eigenvalue weighted by molar-refractivity contribution is 5.67. The zero-order valence-corrected chi connectivity index (χ0v) is 11.9. The topological polar surface area (TPSA) is 43.1 Å². The smallest absolute Gasteiger partial charge is 0.140 e. The second-order valence-corrected chi connectivity index (χ2v) is 3.40. The van der Waals surface area contributed by atoms with E-state index in [4.69, 9.17) is 5.73 Å². The molecule has 1 unspecified atom stereocenters. The highest BCUT2D eigenvalue weighted by Gasteiger charge is 2.28. The zero-order valence-electron chi connectivity index (χ0n) is 11.9. The first-order valence-corrected chi connectivity index (χ1v) is 6.44. The van der Waals surface area contributed by atoms with Crippen molar-refractivity contribution >= 4 is 6.29 Å². The molecule has 0 heterocycles. The molecule has 0 aliphatic heterocycles. The van der Waals surface area contributed by atoms with Gasteiger partial charge in [0.05, 0.1) is 5.54 Å². The van der Waals surface area contributed by atoms with Crippen LogP contribution in [0.15, 0.2) is 36.0 Å². The Morgan fingerprint density at radius 2 is 1.82 bits per heavy atom. The molecule has 1 rings (SSSR count). The van der Waals surface area contributed by atoms with E-state index in [1.807, 2.05) is 65.0 Å². The quantitative estimate of drug-likeness (QED) is 0.599. The molecule has 2 heteroatoms. The normalized spacial score (nSPS) is 22.6. The number of carbonyl (C=O) groups is 1. The maximum atomic E-state index is 10.6. The number of allylic oxidation sites excluding steroid dienone is 4. The Morgan fingerprint density at radius 3 is 2.24 bits per heavy atom. The summed E-state index contributed by atoms with van der Waals surface area (Å²) in [5.74, 6) is 0. The van der Waals surface area contributed by atoms with Gasteiger partial charge in [-0.15, -0.1) is 0 Å². The Morgan fingerprint density at radius 1 is 1.24 bits per heavy atom. The molecule has 98 valence electrons. The molecule has 0 saturated carbocycles. The summed E-state index contributed by atoms with van der Waals surface area (Å²) in [6.45, 7) is 9.96. The summed E-state index contributed by atoms with van der Waals surface area (Å²) in [5, 5.41) is 0. The summed E-state index contributed by atoms with van der Waals surface area (Å²) < 4.78 is 0. The number of hydrogen-bond donors (Lipinski definition) is 1. The average Bonchev–Trinajstić information content (AvgIpc) is 2.77. The van der Waals surface area contributed by atoms with Crippen molar-refractivity contribution in [3.8, 4) is 0 Å². The van der Waals surface area contributed by atoms with Crippen LogP contribution in [-0.2, 0) is 4.79 Å². The third-order valence-corrected chi connectivity index (χ3v) is 2.13. The van der Waals surface area contributed by atoms with Gasteiger partial charge in [0.15, 0.2) is 0 Å². The molecular formula is C15H27NO. The third-order valence-electron chi connectivity index (χ3n) is 2.13. The van der Waals surface area contributed by atoms with Gasteiger partial charge < -0.3 is 10.5 Å². The van der Waals surface area contributed by atoms with Crippen molar-refractivity contribution in [2.45, 2.75) is 53.0 Å². The molecule has 1 aliphatic rings. The predicted molar refractivity (Wildman–Crippen MR) is 76.9 cm³/mol. The van der Waals surface area contributed by atoms with Gasteiger partial charge in [-0.1, -0.05) is 58.1 Å². The third kappa shape index (κ3) is 7.70. The van der Waals surface area contributed by atoms with Gasteiger partial charge in [-0.05, 0) is 25.3 Å². The Labute approximate surface area is 106 Å². The van der Waals surface area contributed by atoms with Gasteiger partial charge in [0.1, 0.15) is 6.29 Å². The van der Waals surface area contributed by atoms with Crippen molar-refractivity contribution in [3.05, 3.63) is 36.0 Å². The summed E-state index contributed by atoms with van der Waals surface area (Å²) in [6, 6.07) is 0. The number of hydrogen-bond acceptors (Lipinski definition) is 2. The standard InChI is InChI=1S/C11H15NO.2C2H6/c1-2-3-4-5-10-6-7-11(12,8-10)9-13;2*1-2/h2-6,9H,7-8,12H2,1H3;2*1-2H3/b3-2-,5-4-;;. The van der Waals surface area contributed by atoms with Crippen LogP contribution in [0.1, 0.15) is 47.5 Å². The number of carbonyl (C=O) groups excluding carboxylic acids is 1. The first kappa shape index (κ1) is 18.2. The summed E-state index contributed by atoms with van der Waals surface area (Å²) in [7, 11) is 0. The highest BCUT2D eigenvalue weighted by atomic mass is 16.1. The van der Waals surface area contributed by atoms with E-state index < -0.39 is 5.54 Å². The second-order valence-electron chi connectivity index (χ2n) is 3.40. The largest absolute Gasteiger partial charge is 0.319 e. The average molecular weight is 237 g/mol. The van der Waals surface area contributed by atoms with Crippen molar-refractivity contribution in [2.75, 3.05) is 0 Å². The van der Waals surface area contributed by atoms with Gasteiger partial charge in [0.25, 0.3) is 0 Å². The molecule has 0 amide bonds. The molecule has 0 bridgehead atoms. The Hall–Kier alpha value is -1.15. The van der Waals surface area contributed by atoms with Crippen LogP contribution in [0.4, 0.5) is 0 Å². The monoisotopic (exact) mass is 237 g/mol. The van der Waals surface area contributed by atoms with E-state index in [2.05, 4.69) is 0 Å². The Kier molecular flexibility index (Phi) is 12.2. The minimum atomic E-state index is -0.643. The molecule has 0 aromatic carbocycles. The molecule has 0 saturated heterocycles. The van der Waals surface area contributed by atoms with Gasteiger partial charge in [-0.2, -0.15) is 0 Å². The fourth-order valence-corrected chi connectivity index (χ4v) is 1.35. The Balaban J connectivity index is 0. The van der Waals surface area contributed by atoms with Gasteiger partial charge in [0.2, 0.25) is 0 Å². The van der Waals surface area contributed by atoms with E-state index in [9.17, 15) is 4.79 Å². The summed E-state index contributed by atoms with van der Waals surface area (Å²) in [5.41, 5.74) is 6.28. The zero-order chi connectivity index (χ0) is 13.7. The van der Waals surface area contributed by atoms with Gasteiger partial charge in [-0.3, -0.25) is 0 Å². The van der Waals surface area contributed by atoms with E-state index in [1.165, 1.54) is 0 Å². The van der Waals surface area contributed by atoms with Crippen LogP contribution in [0.25, 0.3) is 0 Å². The van der Waals surface area contributed by atoms with Crippen LogP contribution in [0.3, 0.4) is 0 Å². The van der Waals surface area contributed by atoms with E-state index in [0.29, 0.717) is 12.8 Å². The molecule has 1 aliphatic carbocycles. The van der Waals surface area contributed by atoms with Crippen molar-refractivity contribution in [2.24, 2.45) is 5.73 Å². The fraction of sp³-hybridized carbons (Fsp3) is 0.533. The molecule has 0 radical (unpaired) electrons. The summed E-state index contributed by atoms with van der Waals surface area (Å²) >= 11 is 0. The maximum absolute atomic E-state index is 10.6. The second kappa shape index (κ2) is 11.3. The number of aldehydes is 1.